The number of ether oxygens (including phenoxy) is 1. The topological polar surface area (TPSA) is 55.4 Å². The van der Waals surface area contributed by atoms with Crippen molar-refractivity contribution in [3.05, 3.63) is 35.1 Å². The zero-order valence-electron chi connectivity index (χ0n) is 23.3. The molecule has 1 N–H and O–H groups in total. The molecule has 0 radical (unpaired) electrons. The fourth-order valence-corrected chi connectivity index (χ4v) is 4.35. The van der Waals surface area contributed by atoms with Crippen LogP contribution in [0.3, 0.4) is 0 Å². The molecule has 0 aliphatic rings. The number of halogens is 4. The maximum Gasteiger partial charge on any atom is 0.419 e. The third kappa shape index (κ3) is 15.3. The van der Waals surface area contributed by atoms with E-state index in [1.807, 2.05) is 0 Å². The van der Waals surface area contributed by atoms with Crippen molar-refractivity contribution in [3.8, 4) is 0 Å². The summed E-state index contributed by atoms with van der Waals surface area (Å²) >= 11 is 0. The van der Waals surface area contributed by atoms with Crippen LogP contribution in [-0.2, 0) is 15.7 Å². The van der Waals surface area contributed by atoms with E-state index in [-0.39, 0.29) is 12.2 Å². The highest BCUT2D eigenvalue weighted by atomic mass is 19.4. The zero-order valence-corrected chi connectivity index (χ0v) is 23.3. The Hall–Kier alpha value is -2.12. The van der Waals surface area contributed by atoms with Crippen LogP contribution in [0, 0.1) is 5.82 Å². The van der Waals surface area contributed by atoms with Gasteiger partial charge in [-0.25, -0.2) is 9.18 Å². The average molecular weight is 546 g/mol. The van der Waals surface area contributed by atoms with Crippen LogP contribution in [0.2, 0.25) is 0 Å². The molecule has 0 saturated carbocycles. The number of amides is 1. The van der Waals surface area contributed by atoms with E-state index < -0.39 is 35.5 Å². The van der Waals surface area contributed by atoms with Gasteiger partial charge in [0.05, 0.1) is 12.2 Å². The Labute approximate surface area is 226 Å². The van der Waals surface area contributed by atoms with Crippen LogP contribution in [0.25, 0.3) is 0 Å². The van der Waals surface area contributed by atoms with Gasteiger partial charge in [0.2, 0.25) is 0 Å². The van der Waals surface area contributed by atoms with Crippen molar-refractivity contribution in [1.29, 1.82) is 0 Å². The average Bonchev–Trinajstić information content (AvgIpc) is 2.86. The van der Waals surface area contributed by atoms with Gasteiger partial charge in [-0.3, -0.25) is 4.79 Å². The Morgan fingerprint density at radius 3 is 1.66 bits per heavy atom. The maximum absolute atomic E-state index is 13.7. The lowest BCUT2D eigenvalue weighted by atomic mass is 10.0. The molecule has 0 spiro atoms. The molecule has 8 heteroatoms. The fourth-order valence-electron chi connectivity index (χ4n) is 4.35. The lowest BCUT2D eigenvalue weighted by Crippen LogP contribution is -2.39. The lowest BCUT2D eigenvalue weighted by Gasteiger charge is -2.14. The second kappa shape index (κ2) is 19.9. The van der Waals surface area contributed by atoms with Gasteiger partial charge in [0, 0.05) is 5.56 Å². The van der Waals surface area contributed by atoms with E-state index in [0.717, 1.165) is 25.3 Å². The zero-order chi connectivity index (χ0) is 28.2. The van der Waals surface area contributed by atoms with Crippen LogP contribution in [0.5, 0.6) is 0 Å². The van der Waals surface area contributed by atoms with E-state index >= 15 is 0 Å². The predicted octanol–water partition coefficient (Wildman–Crippen LogP) is 9.16. The number of alkyl halides is 3. The summed E-state index contributed by atoms with van der Waals surface area (Å²) < 4.78 is 56.8. The summed E-state index contributed by atoms with van der Waals surface area (Å²) in [6.07, 6.45) is 16.6. The number of carbonyl (C=O) groups is 2. The summed E-state index contributed by atoms with van der Waals surface area (Å²) in [6.45, 7) is 3.91. The molecule has 0 saturated heterocycles. The first kappa shape index (κ1) is 33.9. The molecule has 218 valence electrons. The van der Waals surface area contributed by atoms with Crippen molar-refractivity contribution in [1.82, 2.24) is 5.32 Å². The van der Waals surface area contributed by atoms with E-state index in [1.165, 1.54) is 96.8 Å². The molecule has 4 nitrogen and oxygen atoms in total. The highest BCUT2D eigenvalue weighted by Crippen LogP contribution is 2.31. The fraction of sp³-hybridized carbons (Fsp3) is 0.733. The Kier molecular flexibility index (Phi) is 17.7. The number of benzene rings is 1. The third-order valence-electron chi connectivity index (χ3n) is 6.73. The van der Waals surface area contributed by atoms with Gasteiger partial charge >= 0.3 is 12.1 Å². The number of unbranched alkanes of at least 4 members (excludes halogenated alkanes) is 16. The normalized spacial score (nSPS) is 12.4. The number of nitrogens with one attached hydrogen (secondary N) is 1. The Bertz CT molecular complexity index is 798. The van der Waals surface area contributed by atoms with Gasteiger partial charge < -0.3 is 10.1 Å². The van der Waals surface area contributed by atoms with E-state index in [9.17, 15) is 27.2 Å². The first-order valence-corrected chi connectivity index (χ1v) is 14.5. The molecule has 0 fully saturated rings. The smallest absolute Gasteiger partial charge is 0.419 e. The minimum Gasteiger partial charge on any atom is -0.464 e. The Balaban J connectivity index is 2.01. The second-order valence-corrected chi connectivity index (χ2v) is 10.2. The maximum atomic E-state index is 13.7. The van der Waals surface area contributed by atoms with Crippen LogP contribution in [0.15, 0.2) is 18.2 Å². The van der Waals surface area contributed by atoms with Gasteiger partial charge in [-0.1, -0.05) is 110 Å². The second-order valence-electron chi connectivity index (χ2n) is 10.2. The molecule has 1 unspecified atom stereocenters. The first-order valence-electron chi connectivity index (χ1n) is 14.5. The monoisotopic (exact) mass is 545 g/mol. The summed E-state index contributed by atoms with van der Waals surface area (Å²) in [5, 5.41) is 2.33. The van der Waals surface area contributed by atoms with Gasteiger partial charge in [0.25, 0.3) is 5.91 Å². The third-order valence-corrected chi connectivity index (χ3v) is 6.73. The summed E-state index contributed by atoms with van der Waals surface area (Å²) in [5.74, 6) is -3.03. The van der Waals surface area contributed by atoms with Crippen LogP contribution in [-0.4, -0.2) is 24.5 Å². The summed E-state index contributed by atoms with van der Waals surface area (Å²) in [5.41, 5.74) is -1.75. The molecule has 0 aliphatic carbocycles. The van der Waals surface area contributed by atoms with Crippen molar-refractivity contribution in [2.45, 2.75) is 135 Å². The highest BCUT2D eigenvalue weighted by Gasteiger charge is 2.34. The van der Waals surface area contributed by atoms with Crippen molar-refractivity contribution in [2.75, 3.05) is 6.61 Å². The van der Waals surface area contributed by atoms with Crippen molar-refractivity contribution in [3.63, 3.8) is 0 Å². The number of hydrogen-bond acceptors (Lipinski definition) is 3. The predicted molar refractivity (Wildman–Crippen MR) is 143 cm³/mol. The molecule has 1 atom stereocenters. The van der Waals surface area contributed by atoms with Crippen molar-refractivity contribution >= 4 is 11.9 Å². The van der Waals surface area contributed by atoms with Gasteiger partial charge in [0.1, 0.15) is 11.9 Å². The molecule has 0 aliphatic heterocycles. The largest absolute Gasteiger partial charge is 0.464 e. The minimum atomic E-state index is -4.84. The molecular weight excluding hydrogens is 498 g/mol. The lowest BCUT2D eigenvalue weighted by molar-refractivity contribution is -0.145. The standard InChI is InChI=1S/C30H47F4NO3/c1-3-4-5-6-7-8-9-10-11-12-13-14-15-16-17-18-19-22-38-29(37)24(2)35-28(36)25-20-21-26(27(31)23-25)30(32,33)34/h20-21,23-24H,3-19,22H2,1-2H3,(H,35,36). The van der Waals surface area contributed by atoms with Crippen LogP contribution >= 0.6 is 0 Å². The molecule has 0 bridgehead atoms. The van der Waals surface area contributed by atoms with E-state index in [4.69, 9.17) is 4.74 Å². The van der Waals surface area contributed by atoms with E-state index in [2.05, 4.69) is 12.2 Å². The molecule has 38 heavy (non-hydrogen) atoms. The quantitative estimate of drug-likeness (QED) is 0.0952. The van der Waals surface area contributed by atoms with E-state index in [1.54, 1.807) is 0 Å². The molecule has 1 aromatic carbocycles. The van der Waals surface area contributed by atoms with Crippen LogP contribution in [0.1, 0.15) is 139 Å². The Morgan fingerprint density at radius 1 is 0.789 bits per heavy atom. The summed E-state index contributed by atoms with van der Waals surface area (Å²) in [6, 6.07) is 0.883. The highest BCUT2D eigenvalue weighted by molar-refractivity contribution is 5.96. The van der Waals surface area contributed by atoms with Crippen LogP contribution in [0.4, 0.5) is 17.6 Å². The van der Waals surface area contributed by atoms with Crippen molar-refractivity contribution in [2.24, 2.45) is 0 Å². The first-order chi connectivity index (χ1) is 18.2. The van der Waals surface area contributed by atoms with Gasteiger partial charge in [-0.15, -0.1) is 0 Å². The van der Waals surface area contributed by atoms with Crippen molar-refractivity contribution < 1.29 is 31.9 Å². The molecule has 1 aromatic rings. The number of carbonyl (C=O) groups excluding carboxylic acids is 2. The van der Waals surface area contributed by atoms with Gasteiger partial charge in [0.15, 0.2) is 0 Å². The summed E-state index contributed by atoms with van der Waals surface area (Å²) in [4.78, 5) is 24.2. The number of hydrogen-bond donors (Lipinski definition) is 1. The molecule has 1 amide bonds. The van der Waals surface area contributed by atoms with E-state index in [0.29, 0.717) is 12.1 Å². The number of esters is 1. The minimum absolute atomic E-state index is 0.243. The van der Waals surface area contributed by atoms with Gasteiger partial charge in [-0.2, -0.15) is 13.2 Å². The SMILES string of the molecule is CCCCCCCCCCCCCCCCCCCOC(=O)C(C)NC(=O)c1ccc(C(F)(F)F)c(F)c1. The molecular formula is C30H47F4NO3. The Morgan fingerprint density at radius 2 is 1.24 bits per heavy atom. The van der Waals surface area contributed by atoms with Gasteiger partial charge in [-0.05, 0) is 31.5 Å². The molecule has 1 rings (SSSR count). The van der Waals surface area contributed by atoms with Crippen LogP contribution < -0.4 is 5.32 Å². The molecule has 0 aromatic heterocycles. The molecule has 0 heterocycles. The summed E-state index contributed by atoms with van der Waals surface area (Å²) in [7, 11) is 0. The number of rotatable bonds is 21.